The average molecular weight is 357 g/mol. The number of fused-ring (bicyclic) bond motifs is 3. The van der Waals surface area contributed by atoms with Gasteiger partial charge in [-0.2, -0.15) is 0 Å². The van der Waals surface area contributed by atoms with E-state index in [0.717, 1.165) is 18.1 Å². The second kappa shape index (κ2) is 5.53. The Hall–Kier alpha value is -1.98. The van der Waals surface area contributed by atoms with Gasteiger partial charge in [-0.3, -0.25) is 0 Å². The molecule has 24 heavy (non-hydrogen) atoms. The van der Waals surface area contributed by atoms with Crippen molar-refractivity contribution in [3.05, 3.63) is 0 Å². The topological polar surface area (TPSA) is 109 Å². The highest BCUT2D eigenvalue weighted by Crippen LogP contribution is 2.47. The second-order valence-corrected chi connectivity index (χ2v) is 6.27. The maximum atomic E-state index is 11.6. The molecule has 10 nitrogen and oxygen atoms in total. The number of hydrogen-bond donors (Lipinski definition) is 0. The molecule has 0 N–H and O–H groups in total. The number of aromatic nitrogens is 2. The van der Waals surface area contributed by atoms with Gasteiger partial charge in [-0.1, -0.05) is 0 Å². The first-order valence-electron chi connectivity index (χ1n) is 7.43. The highest BCUT2D eigenvalue weighted by molar-refractivity contribution is 6.99. The van der Waals surface area contributed by atoms with Crippen LogP contribution in [0.5, 0.6) is 11.8 Å². The molecule has 3 fully saturated rings. The van der Waals surface area contributed by atoms with E-state index in [1.54, 1.807) is 11.8 Å². The van der Waals surface area contributed by atoms with E-state index in [1.165, 1.54) is 7.11 Å². The number of rotatable bonds is 5. The highest BCUT2D eigenvalue weighted by Gasteiger charge is 2.69. The molecule has 0 saturated carbocycles. The number of carbonyl (C=O) groups excluding carboxylic acids is 2. The third-order valence-corrected chi connectivity index (χ3v) is 4.87. The summed E-state index contributed by atoms with van der Waals surface area (Å²) in [5, 5.41) is 0. The molecule has 1 spiro atoms. The van der Waals surface area contributed by atoms with Crippen LogP contribution in [0.15, 0.2) is 0 Å². The Morgan fingerprint density at radius 1 is 1.29 bits per heavy atom. The molecule has 3 aliphatic heterocycles. The van der Waals surface area contributed by atoms with Crippen LogP contribution in [0, 0.1) is 5.92 Å². The molecule has 3 aliphatic rings. The van der Waals surface area contributed by atoms with Crippen molar-refractivity contribution < 1.29 is 33.3 Å². The molecule has 4 atom stereocenters. The minimum Gasteiger partial charge on any atom is -0.459 e. The first-order chi connectivity index (χ1) is 11.5. The summed E-state index contributed by atoms with van der Waals surface area (Å²) in [4.78, 5) is 24.9. The smallest absolute Gasteiger partial charge is 0.422 e. The lowest BCUT2D eigenvalue weighted by molar-refractivity contribution is -0.273. The number of ether oxygens (including phenoxy) is 5. The minimum absolute atomic E-state index is 0.0399. The van der Waals surface area contributed by atoms with Gasteiger partial charge >= 0.3 is 17.8 Å². The zero-order valence-electron chi connectivity index (χ0n) is 13.0. The summed E-state index contributed by atoms with van der Waals surface area (Å²) in [6, 6.07) is 0. The van der Waals surface area contributed by atoms with Gasteiger partial charge in [0.15, 0.2) is 12.4 Å². The lowest BCUT2D eigenvalue weighted by Gasteiger charge is -2.36. The van der Waals surface area contributed by atoms with Crippen LogP contribution in [0.3, 0.4) is 0 Å². The highest BCUT2D eigenvalue weighted by atomic mass is 32.1. The summed E-state index contributed by atoms with van der Waals surface area (Å²) in [6.07, 6.45) is -0.383. The third kappa shape index (κ3) is 2.23. The summed E-state index contributed by atoms with van der Waals surface area (Å²) in [7, 11) is 1.50. The van der Waals surface area contributed by atoms with Crippen LogP contribution in [-0.2, 0) is 23.8 Å². The van der Waals surface area contributed by atoms with Crippen LogP contribution >= 0.6 is 11.7 Å². The maximum Gasteiger partial charge on any atom is 0.422 e. The van der Waals surface area contributed by atoms with Crippen molar-refractivity contribution in [2.75, 3.05) is 20.2 Å². The number of carbonyl (C=O) groups is 2. The van der Waals surface area contributed by atoms with Crippen LogP contribution in [0.2, 0.25) is 0 Å². The van der Waals surface area contributed by atoms with Gasteiger partial charge in [0.1, 0.15) is 0 Å². The quantitative estimate of drug-likeness (QED) is 0.397. The van der Waals surface area contributed by atoms with Crippen molar-refractivity contribution >= 4 is 23.7 Å². The van der Waals surface area contributed by atoms with Gasteiger partial charge in [0.05, 0.1) is 11.7 Å². The molecular weight excluding hydrogens is 342 g/mol. The number of hydrogen-bond acceptors (Lipinski definition) is 11. The fourth-order valence-corrected chi connectivity index (χ4v) is 3.65. The maximum absolute atomic E-state index is 11.6. The molecular formula is C13H15N3O7S. The predicted octanol–water partition coefficient (Wildman–Crippen LogP) is -0.254. The van der Waals surface area contributed by atoms with Gasteiger partial charge in [0.25, 0.3) is 11.8 Å². The SMILES string of the molecule is COC(C)Oc1nsnc1OC1C2CCN(C2)C12OC(=O)C(=O)O2. The van der Waals surface area contributed by atoms with Crippen LogP contribution in [-0.4, -0.2) is 64.1 Å². The zero-order chi connectivity index (χ0) is 16.9. The zero-order valence-corrected chi connectivity index (χ0v) is 13.8. The predicted molar refractivity (Wildman–Crippen MR) is 76.0 cm³/mol. The Balaban J connectivity index is 1.59. The Bertz CT molecular complexity index is 664. The van der Waals surface area contributed by atoms with Crippen LogP contribution in [0.25, 0.3) is 0 Å². The van der Waals surface area contributed by atoms with Crippen LogP contribution in [0.1, 0.15) is 13.3 Å². The van der Waals surface area contributed by atoms with E-state index in [2.05, 4.69) is 8.75 Å². The number of piperidine rings is 1. The minimum atomic E-state index is -1.52. The van der Waals surface area contributed by atoms with E-state index in [1.807, 2.05) is 0 Å². The molecule has 0 radical (unpaired) electrons. The molecule has 4 rings (SSSR count). The molecule has 0 amide bonds. The summed E-state index contributed by atoms with van der Waals surface area (Å²) in [5.74, 6) is -3.18. The molecule has 130 valence electrons. The van der Waals surface area contributed by atoms with Gasteiger partial charge in [-0.05, 0) is 13.3 Å². The molecule has 11 heteroatoms. The van der Waals surface area contributed by atoms with Gasteiger partial charge in [-0.15, -0.1) is 8.75 Å². The van der Waals surface area contributed by atoms with E-state index < -0.39 is 30.2 Å². The van der Waals surface area contributed by atoms with Crippen molar-refractivity contribution in [3.63, 3.8) is 0 Å². The van der Waals surface area contributed by atoms with Gasteiger partial charge in [-0.25, -0.2) is 14.5 Å². The van der Waals surface area contributed by atoms with Gasteiger partial charge in [0, 0.05) is 26.1 Å². The van der Waals surface area contributed by atoms with E-state index in [4.69, 9.17) is 23.7 Å². The van der Waals surface area contributed by atoms with Crippen molar-refractivity contribution in [1.29, 1.82) is 0 Å². The molecule has 4 heterocycles. The Labute approximate surface area is 140 Å². The number of nitrogens with zero attached hydrogens (tertiary/aromatic N) is 3. The summed E-state index contributed by atoms with van der Waals surface area (Å²) >= 11 is 0.919. The lowest BCUT2D eigenvalue weighted by Crippen LogP contribution is -2.57. The van der Waals surface area contributed by atoms with E-state index in [0.29, 0.717) is 13.1 Å². The van der Waals surface area contributed by atoms with Crippen LogP contribution < -0.4 is 9.47 Å². The monoisotopic (exact) mass is 357 g/mol. The second-order valence-electron chi connectivity index (χ2n) is 5.74. The van der Waals surface area contributed by atoms with Crippen molar-refractivity contribution in [3.8, 4) is 11.8 Å². The Kier molecular flexibility index (Phi) is 3.58. The van der Waals surface area contributed by atoms with E-state index >= 15 is 0 Å². The van der Waals surface area contributed by atoms with Crippen molar-refractivity contribution in [1.82, 2.24) is 13.6 Å². The Morgan fingerprint density at radius 3 is 2.71 bits per heavy atom. The molecule has 1 aromatic heterocycles. The average Bonchev–Trinajstić information content (AvgIpc) is 3.29. The standard InChI is InChI=1S/C13H15N3O7S/c1-6(19-2)20-9-10(15-24-14-9)21-8-7-3-4-16(5-7)13(8)22-11(17)12(18)23-13/h6-8H,3-5H2,1-2H3. The Morgan fingerprint density at radius 2 is 2.00 bits per heavy atom. The third-order valence-electron chi connectivity index (χ3n) is 4.38. The number of esters is 2. The van der Waals surface area contributed by atoms with E-state index in [9.17, 15) is 9.59 Å². The van der Waals surface area contributed by atoms with Gasteiger partial charge < -0.3 is 23.7 Å². The number of methoxy groups -OCH3 is 1. The molecule has 1 aromatic rings. The summed E-state index contributed by atoms with van der Waals surface area (Å²) < 4.78 is 35.0. The molecule has 0 aromatic carbocycles. The molecule has 2 bridgehead atoms. The lowest BCUT2D eigenvalue weighted by atomic mass is 9.99. The van der Waals surface area contributed by atoms with Gasteiger partial charge in [0.2, 0.25) is 0 Å². The summed E-state index contributed by atoms with van der Waals surface area (Å²) in [5.41, 5.74) is 0. The molecule has 0 aliphatic carbocycles. The first kappa shape index (κ1) is 15.5. The normalized spacial score (nSPS) is 31.2. The fourth-order valence-electron chi connectivity index (χ4n) is 3.22. The first-order valence-corrected chi connectivity index (χ1v) is 8.16. The van der Waals surface area contributed by atoms with E-state index in [-0.39, 0.29) is 17.7 Å². The summed E-state index contributed by atoms with van der Waals surface area (Å²) in [6.45, 7) is 2.96. The molecule has 3 saturated heterocycles. The van der Waals surface area contributed by atoms with Crippen molar-refractivity contribution in [2.24, 2.45) is 5.92 Å². The molecule has 4 unspecified atom stereocenters. The fraction of sp³-hybridized carbons (Fsp3) is 0.692. The van der Waals surface area contributed by atoms with Crippen LogP contribution in [0.4, 0.5) is 0 Å². The largest absolute Gasteiger partial charge is 0.459 e. The van der Waals surface area contributed by atoms with Crippen molar-refractivity contribution in [2.45, 2.75) is 31.6 Å².